The van der Waals surface area contributed by atoms with E-state index in [1.165, 1.54) is 21.7 Å². The molecule has 1 amide bonds. The Bertz CT molecular complexity index is 931. The second-order valence-corrected chi connectivity index (χ2v) is 12.3. The molecular weight excluding hydrogens is 426 g/mol. The number of hydrogen-bond acceptors (Lipinski definition) is 6. The smallest absolute Gasteiger partial charge is 0.252 e. The van der Waals surface area contributed by atoms with Crippen molar-refractivity contribution < 1.29 is 13.2 Å². The SMILES string of the molecule is CC(C)(C)c1csc(NC(=O)[C@@H]2CCCN(S(=O)(=O)c3ccc(Cl)s3)C2)n1. The molecule has 2 aromatic rings. The molecule has 0 spiro atoms. The Hall–Kier alpha value is -1.00. The second kappa shape index (κ2) is 7.79. The van der Waals surface area contributed by atoms with Crippen molar-refractivity contribution in [3.63, 3.8) is 0 Å². The maximum Gasteiger partial charge on any atom is 0.252 e. The zero-order valence-corrected chi connectivity index (χ0v) is 18.6. The molecule has 3 rings (SSSR count). The third kappa shape index (κ3) is 4.71. The summed E-state index contributed by atoms with van der Waals surface area (Å²) in [5, 5.41) is 5.34. The van der Waals surface area contributed by atoms with Gasteiger partial charge in [0.25, 0.3) is 10.0 Å². The van der Waals surface area contributed by atoms with Crippen LogP contribution in [0.1, 0.15) is 39.3 Å². The largest absolute Gasteiger partial charge is 0.302 e. The maximum atomic E-state index is 12.8. The number of carbonyl (C=O) groups excluding carboxylic acids is 1. The molecular formula is C17H22ClN3O3S3. The van der Waals surface area contributed by atoms with Gasteiger partial charge in [-0.3, -0.25) is 4.79 Å². The molecule has 6 nitrogen and oxygen atoms in total. The highest BCUT2D eigenvalue weighted by molar-refractivity contribution is 7.91. The average Bonchev–Trinajstić information content (AvgIpc) is 3.24. The van der Waals surface area contributed by atoms with Crippen LogP contribution in [0.5, 0.6) is 0 Å². The van der Waals surface area contributed by atoms with Crippen LogP contribution < -0.4 is 5.32 Å². The molecule has 0 unspecified atom stereocenters. The minimum absolute atomic E-state index is 0.0861. The first-order valence-electron chi connectivity index (χ1n) is 8.60. The number of anilines is 1. The van der Waals surface area contributed by atoms with Crippen molar-refractivity contribution in [2.24, 2.45) is 5.92 Å². The fourth-order valence-electron chi connectivity index (χ4n) is 2.82. The second-order valence-electron chi connectivity index (χ2n) is 7.54. The summed E-state index contributed by atoms with van der Waals surface area (Å²) in [5.41, 5.74) is 0.835. The fraction of sp³-hybridized carbons (Fsp3) is 0.529. The zero-order chi connectivity index (χ0) is 19.8. The van der Waals surface area contributed by atoms with E-state index in [2.05, 4.69) is 31.1 Å². The minimum Gasteiger partial charge on any atom is -0.302 e. The Kier molecular flexibility index (Phi) is 5.98. The van der Waals surface area contributed by atoms with Crippen LogP contribution in [0.15, 0.2) is 21.7 Å². The summed E-state index contributed by atoms with van der Waals surface area (Å²) in [5.74, 6) is -0.583. The highest BCUT2D eigenvalue weighted by Crippen LogP contribution is 2.31. The third-order valence-electron chi connectivity index (χ3n) is 4.40. The lowest BCUT2D eigenvalue weighted by atomic mass is 9.93. The number of nitrogens with one attached hydrogen (secondary N) is 1. The van der Waals surface area contributed by atoms with E-state index in [0.29, 0.717) is 28.9 Å². The van der Waals surface area contributed by atoms with Crippen molar-refractivity contribution >= 4 is 55.3 Å². The van der Waals surface area contributed by atoms with E-state index < -0.39 is 15.9 Å². The van der Waals surface area contributed by atoms with Gasteiger partial charge in [-0.15, -0.1) is 22.7 Å². The van der Waals surface area contributed by atoms with Gasteiger partial charge < -0.3 is 5.32 Å². The van der Waals surface area contributed by atoms with Gasteiger partial charge in [-0.1, -0.05) is 32.4 Å². The highest BCUT2D eigenvalue weighted by atomic mass is 35.5. The van der Waals surface area contributed by atoms with Gasteiger partial charge in [0.2, 0.25) is 5.91 Å². The van der Waals surface area contributed by atoms with Gasteiger partial charge in [-0.05, 0) is 25.0 Å². The number of aromatic nitrogens is 1. The molecule has 0 radical (unpaired) electrons. The lowest BCUT2D eigenvalue weighted by Gasteiger charge is -2.30. The topological polar surface area (TPSA) is 79.4 Å². The number of halogens is 1. The number of amides is 1. The summed E-state index contributed by atoms with van der Waals surface area (Å²) in [4.78, 5) is 17.1. The van der Waals surface area contributed by atoms with E-state index in [1.807, 2.05) is 5.38 Å². The molecule has 0 aromatic carbocycles. The standard InChI is InChI=1S/C17H22ClN3O3S3/c1-17(2,3)12-10-25-16(19-12)20-15(22)11-5-4-8-21(9-11)27(23,24)14-7-6-13(18)26-14/h6-7,10-11H,4-5,8-9H2,1-3H3,(H,19,20,22)/t11-/m1/s1. The quantitative estimate of drug-likeness (QED) is 0.761. The number of thiazole rings is 1. The van der Waals surface area contributed by atoms with E-state index in [0.717, 1.165) is 17.0 Å². The molecule has 10 heteroatoms. The Balaban J connectivity index is 1.69. The summed E-state index contributed by atoms with van der Waals surface area (Å²) in [6.45, 7) is 6.77. The van der Waals surface area contributed by atoms with Crippen LogP contribution in [0.3, 0.4) is 0 Å². The van der Waals surface area contributed by atoms with Gasteiger partial charge in [-0.2, -0.15) is 4.31 Å². The first-order valence-corrected chi connectivity index (χ1v) is 12.1. The van der Waals surface area contributed by atoms with Crippen molar-refractivity contribution in [2.75, 3.05) is 18.4 Å². The molecule has 1 fully saturated rings. The van der Waals surface area contributed by atoms with E-state index in [9.17, 15) is 13.2 Å². The van der Waals surface area contributed by atoms with Crippen molar-refractivity contribution in [3.8, 4) is 0 Å². The van der Waals surface area contributed by atoms with Crippen LogP contribution >= 0.6 is 34.3 Å². The highest BCUT2D eigenvalue weighted by Gasteiger charge is 2.34. The number of rotatable bonds is 4. The van der Waals surface area contributed by atoms with Gasteiger partial charge in [-0.25, -0.2) is 13.4 Å². The number of hydrogen-bond donors (Lipinski definition) is 1. The first-order chi connectivity index (χ1) is 12.6. The van der Waals surface area contributed by atoms with Gasteiger partial charge in [0.05, 0.1) is 15.9 Å². The molecule has 1 aliphatic rings. The van der Waals surface area contributed by atoms with Crippen molar-refractivity contribution in [1.29, 1.82) is 0 Å². The number of piperidine rings is 1. The molecule has 3 heterocycles. The first kappa shape index (κ1) is 20.7. The number of carbonyl (C=O) groups is 1. The Morgan fingerprint density at radius 2 is 2.11 bits per heavy atom. The predicted molar refractivity (Wildman–Crippen MR) is 110 cm³/mol. The normalized spacial score (nSPS) is 19.2. The summed E-state index contributed by atoms with van der Waals surface area (Å²) in [6, 6.07) is 3.08. The number of thiophene rings is 1. The lowest BCUT2D eigenvalue weighted by Crippen LogP contribution is -2.43. The van der Waals surface area contributed by atoms with Crippen molar-refractivity contribution in [1.82, 2.24) is 9.29 Å². The van der Waals surface area contributed by atoms with Gasteiger partial charge >= 0.3 is 0 Å². The van der Waals surface area contributed by atoms with Crippen LogP contribution in [0.25, 0.3) is 0 Å². The molecule has 27 heavy (non-hydrogen) atoms. The molecule has 1 aliphatic heterocycles. The fourth-order valence-corrected chi connectivity index (χ4v) is 6.92. The minimum atomic E-state index is -3.62. The maximum absolute atomic E-state index is 12.8. The van der Waals surface area contributed by atoms with Crippen LogP contribution in [0.2, 0.25) is 4.34 Å². The summed E-state index contributed by atoms with van der Waals surface area (Å²) >= 11 is 8.29. The van der Waals surface area contributed by atoms with E-state index >= 15 is 0 Å². The summed E-state index contributed by atoms with van der Waals surface area (Å²) < 4.78 is 27.6. The average molecular weight is 448 g/mol. The van der Waals surface area contributed by atoms with Gasteiger partial charge in [0.15, 0.2) is 5.13 Å². The van der Waals surface area contributed by atoms with Crippen molar-refractivity contribution in [3.05, 3.63) is 27.5 Å². The van der Waals surface area contributed by atoms with Crippen LogP contribution in [-0.2, 0) is 20.2 Å². The number of sulfonamides is 1. The lowest BCUT2D eigenvalue weighted by molar-refractivity contribution is -0.120. The predicted octanol–water partition coefficient (Wildman–Crippen LogP) is 4.19. The van der Waals surface area contributed by atoms with E-state index in [4.69, 9.17) is 11.6 Å². The Labute approximate surface area is 172 Å². The van der Waals surface area contributed by atoms with Crippen LogP contribution in [0.4, 0.5) is 5.13 Å². The molecule has 1 N–H and O–H groups in total. The van der Waals surface area contributed by atoms with Crippen molar-refractivity contribution in [2.45, 2.75) is 43.2 Å². The van der Waals surface area contributed by atoms with Crippen LogP contribution in [-0.4, -0.2) is 36.7 Å². The molecule has 0 aliphatic carbocycles. The molecule has 2 aromatic heterocycles. The molecule has 148 valence electrons. The summed E-state index contributed by atoms with van der Waals surface area (Å²) in [7, 11) is -3.62. The van der Waals surface area contributed by atoms with E-state index in [1.54, 1.807) is 6.07 Å². The molecule has 1 saturated heterocycles. The molecule has 0 saturated carbocycles. The third-order valence-corrected chi connectivity index (χ3v) is 8.72. The Morgan fingerprint density at radius 3 is 2.70 bits per heavy atom. The van der Waals surface area contributed by atoms with Gasteiger partial charge in [0, 0.05) is 23.9 Å². The molecule has 0 bridgehead atoms. The summed E-state index contributed by atoms with van der Waals surface area (Å²) in [6.07, 6.45) is 1.29. The van der Waals surface area contributed by atoms with Gasteiger partial charge in [0.1, 0.15) is 4.21 Å². The molecule has 1 atom stereocenters. The Morgan fingerprint density at radius 1 is 1.37 bits per heavy atom. The van der Waals surface area contributed by atoms with E-state index in [-0.39, 0.29) is 22.1 Å². The monoisotopic (exact) mass is 447 g/mol. The zero-order valence-electron chi connectivity index (χ0n) is 15.4. The van der Waals surface area contributed by atoms with Crippen LogP contribution in [0, 0.1) is 5.92 Å². The number of nitrogens with zero attached hydrogens (tertiary/aromatic N) is 2.